The minimum atomic E-state index is 0.0776. The normalized spacial score (nSPS) is 15.9. The van der Waals surface area contributed by atoms with Gasteiger partial charge in [0, 0.05) is 35.8 Å². The standard InChI is InChI=1S/C12H17N3OS/c1-17-11-4-2-3-10(9(11)7-13)15-6-5-14-12(16)8-15/h2-4H,5-8,13H2,1H3,(H,14,16). The van der Waals surface area contributed by atoms with Crippen LogP contribution in [0.15, 0.2) is 23.1 Å². The fourth-order valence-corrected chi connectivity index (χ4v) is 2.74. The van der Waals surface area contributed by atoms with Gasteiger partial charge in [0.1, 0.15) is 0 Å². The van der Waals surface area contributed by atoms with Gasteiger partial charge in [-0.3, -0.25) is 4.79 Å². The van der Waals surface area contributed by atoms with Gasteiger partial charge >= 0.3 is 0 Å². The van der Waals surface area contributed by atoms with Gasteiger partial charge in [-0.15, -0.1) is 11.8 Å². The van der Waals surface area contributed by atoms with Crippen LogP contribution in [0.2, 0.25) is 0 Å². The van der Waals surface area contributed by atoms with Gasteiger partial charge in [0.25, 0.3) is 0 Å². The van der Waals surface area contributed by atoms with Crippen LogP contribution in [-0.4, -0.2) is 31.8 Å². The summed E-state index contributed by atoms with van der Waals surface area (Å²) in [6.45, 7) is 2.47. The Hall–Kier alpha value is -1.20. The molecule has 1 saturated heterocycles. The van der Waals surface area contributed by atoms with Crippen LogP contribution in [0.5, 0.6) is 0 Å². The fourth-order valence-electron chi connectivity index (χ4n) is 2.09. The van der Waals surface area contributed by atoms with E-state index in [0.717, 1.165) is 17.8 Å². The highest BCUT2D eigenvalue weighted by Gasteiger charge is 2.19. The number of hydrogen-bond donors (Lipinski definition) is 2. The summed E-state index contributed by atoms with van der Waals surface area (Å²) in [4.78, 5) is 14.7. The topological polar surface area (TPSA) is 58.4 Å². The van der Waals surface area contributed by atoms with Crippen molar-refractivity contribution in [2.45, 2.75) is 11.4 Å². The molecule has 5 heteroatoms. The van der Waals surface area contributed by atoms with Crippen molar-refractivity contribution < 1.29 is 4.79 Å². The van der Waals surface area contributed by atoms with E-state index in [2.05, 4.69) is 16.3 Å². The number of benzene rings is 1. The zero-order valence-electron chi connectivity index (χ0n) is 9.90. The lowest BCUT2D eigenvalue weighted by Crippen LogP contribution is -2.48. The van der Waals surface area contributed by atoms with Gasteiger partial charge in [-0.2, -0.15) is 0 Å². The molecule has 0 spiro atoms. The lowest BCUT2D eigenvalue weighted by Gasteiger charge is -2.30. The predicted molar refractivity (Wildman–Crippen MR) is 71.3 cm³/mol. The summed E-state index contributed by atoms with van der Waals surface area (Å²) in [6.07, 6.45) is 2.04. The van der Waals surface area contributed by atoms with Crippen molar-refractivity contribution in [1.82, 2.24) is 5.32 Å². The van der Waals surface area contributed by atoms with Crippen molar-refractivity contribution in [3.8, 4) is 0 Å². The Kier molecular flexibility index (Phi) is 3.91. The van der Waals surface area contributed by atoms with Crippen LogP contribution in [0.25, 0.3) is 0 Å². The number of amides is 1. The summed E-state index contributed by atoms with van der Waals surface area (Å²) < 4.78 is 0. The second-order valence-corrected chi connectivity index (χ2v) is 4.78. The number of nitrogens with zero attached hydrogens (tertiary/aromatic N) is 1. The van der Waals surface area contributed by atoms with Gasteiger partial charge in [0.05, 0.1) is 6.54 Å². The Bertz CT molecular complexity index is 422. The number of thioether (sulfide) groups is 1. The molecule has 2 rings (SSSR count). The maximum Gasteiger partial charge on any atom is 0.239 e. The first kappa shape index (κ1) is 12.3. The van der Waals surface area contributed by atoms with E-state index in [4.69, 9.17) is 5.73 Å². The second kappa shape index (κ2) is 5.42. The Labute approximate surface area is 106 Å². The number of hydrogen-bond acceptors (Lipinski definition) is 4. The first-order valence-corrected chi connectivity index (χ1v) is 6.86. The number of nitrogens with one attached hydrogen (secondary N) is 1. The van der Waals surface area contributed by atoms with Gasteiger partial charge in [-0.1, -0.05) is 6.07 Å². The van der Waals surface area contributed by atoms with E-state index in [0.29, 0.717) is 19.6 Å². The molecule has 1 aromatic rings. The number of rotatable bonds is 3. The van der Waals surface area contributed by atoms with Gasteiger partial charge in [-0.25, -0.2) is 0 Å². The van der Waals surface area contributed by atoms with Crippen molar-refractivity contribution in [3.63, 3.8) is 0 Å². The predicted octanol–water partition coefficient (Wildman–Crippen LogP) is 0.803. The van der Waals surface area contributed by atoms with E-state index < -0.39 is 0 Å². The molecular weight excluding hydrogens is 234 g/mol. The van der Waals surface area contributed by atoms with Crippen molar-refractivity contribution >= 4 is 23.4 Å². The summed E-state index contributed by atoms with van der Waals surface area (Å²) in [6, 6.07) is 6.13. The maximum atomic E-state index is 11.4. The van der Waals surface area contributed by atoms with Crippen LogP contribution < -0.4 is 16.0 Å². The smallest absolute Gasteiger partial charge is 0.239 e. The molecule has 17 heavy (non-hydrogen) atoms. The van der Waals surface area contributed by atoms with E-state index in [1.54, 1.807) is 11.8 Å². The van der Waals surface area contributed by atoms with Gasteiger partial charge < -0.3 is 16.0 Å². The number of piperazine rings is 1. The van der Waals surface area contributed by atoms with Crippen LogP contribution in [0, 0.1) is 0 Å². The highest BCUT2D eigenvalue weighted by atomic mass is 32.2. The van der Waals surface area contributed by atoms with Gasteiger partial charge in [0.2, 0.25) is 5.91 Å². The quantitative estimate of drug-likeness (QED) is 0.780. The lowest BCUT2D eigenvalue weighted by atomic mass is 10.1. The molecule has 1 amide bonds. The van der Waals surface area contributed by atoms with E-state index in [1.165, 1.54) is 4.90 Å². The largest absolute Gasteiger partial charge is 0.360 e. The molecule has 0 atom stereocenters. The molecule has 1 aromatic carbocycles. The third-order valence-electron chi connectivity index (χ3n) is 2.91. The first-order chi connectivity index (χ1) is 8.26. The molecule has 0 radical (unpaired) electrons. The number of carbonyl (C=O) groups is 1. The monoisotopic (exact) mass is 251 g/mol. The van der Waals surface area contributed by atoms with E-state index in [-0.39, 0.29) is 5.91 Å². The summed E-state index contributed by atoms with van der Waals surface area (Å²) in [5, 5.41) is 2.83. The summed E-state index contributed by atoms with van der Waals surface area (Å²) in [5.41, 5.74) is 8.05. The lowest BCUT2D eigenvalue weighted by molar-refractivity contribution is -0.120. The van der Waals surface area contributed by atoms with Crippen molar-refractivity contribution in [2.75, 3.05) is 30.8 Å². The average molecular weight is 251 g/mol. The molecule has 0 unspecified atom stereocenters. The molecule has 92 valence electrons. The molecule has 1 fully saturated rings. The van der Waals surface area contributed by atoms with Crippen molar-refractivity contribution in [3.05, 3.63) is 23.8 Å². The van der Waals surface area contributed by atoms with Gasteiger partial charge in [-0.05, 0) is 18.4 Å². The first-order valence-electron chi connectivity index (χ1n) is 5.64. The third kappa shape index (κ3) is 2.56. The van der Waals surface area contributed by atoms with Crippen LogP contribution in [0.4, 0.5) is 5.69 Å². The Morgan fingerprint density at radius 2 is 2.35 bits per heavy atom. The van der Waals surface area contributed by atoms with E-state index >= 15 is 0 Å². The highest BCUT2D eigenvalue weighted by Crippen LogP contribution is 2.29. The molecule has 3 N–H and O–H groups in total. The summed E-state index contributed by atoms with van der Waals surface area (Å²) >= 11 is 1.69. The minimum Gasteiger partial charge on any atom is -0.360 e. The van der Waals surface area contributed by atoms with E-state index in [1.807, 2.05) is 18.4 Å². The zero-order chi connectivity index (χ0) is 12.3. The van der Waals surface area contributed by atoms with Crippen LogP contribution in [0.3, 0.4) is 0 Å². The number of anilines is 1. The zero-order valence-corrected chi connectivity index (χ0v) is 10.7. The Morgan fingerprint density at radius 1 is 1.53 bits per heavy atom. The maximum absolute atomic E-state index is 11.4. The van der Waals surface area contributed by atoms with Crippen molar-refractivity contribution in [1.29, 1.82) is 0 Å². The fraction of sp³-hybridized carbons (Fsp3) is 0.417. The van der Waals surface area contributed by atoms with Crippen LogP contribution in [0.1, 0.15) is 5.56 Å². The highest BCUT2D eigenvalue weighted by molar-refractivity contribution is 7.98. The average Bonchev–Trinajstić information content (AvgIpc) is 2.37. The molecule has 0 bridgehead atoms. The minimum absolute atomic E-state index is 0.0776. The third-order valence-corrected chi connectivity index (χ3v) is 3.73. The Morgan fingerprint density at radius 3 is 3.00 bits per heavy atom. The summed E-state index contributed by atoms with van der Waals surface area (Å²) in [7, 11) is 0. The molecular formula is C12H17N3OS. The molecule has 1 aliphatic rings. The Balaban J connectivity index is 2.33. The van der Waals surface area contributed by atoms with Crippen LogP contribution >= 0.6 is 11.8 Å². The molecule has 0 saturated carbocycles. The van der Waals surface area contributed by atoms with Crippen LogP contribution in [-0.2, 0) is 11.3 Å². The molecule has 4 nitrogen and oxygen atoms in total. The molecule has 0 aromatic heterocycles. The second-order valence-electron chi connectivity index (χ2n) is 3.93. The molecule has 1 heterocycles. The summed E-state index contributed by atoms with van der Waals surface area (Å²) in [5.74, 6) is 0.0776. The number of carbonyl (C=O) groups excluding carboxylic acids is 1. The van der Waals surface area contributed by atoms with Crippen molar-refractivity contribution in [2.24, 2.45) is 5.73 Å². The van der Waals surface area contributed by atoms with E-state index in [9.17, 15) is 4.79 Å². The molecule has 1 aliphatic heterocycles. The SMILES string of the molecule is CSc1cccc(N2CCNC(=O)C2)c1CN. The number of nitrogens with two attached hydrogens (primary N) is 1. The molecule has 0 aliphatic carbocycles. The van der Waals surface area contributed by atoms with Gasteiger partial charge in [0.15, 0.2) is 0 Å².